The Morgan fingerprint density at radius 3 is 2.50 bits per heavy atom. The lowest BCUT2D eigenvalue weighted by Crippen LogP contribution is -2.65. The Morgan fingerprint density at radius 2 is 1.85 bits per heavy atom. The number of carbonyl (C=O) groups is 2. The molecule has 4 nitrogen and oxygen atoms in total. The van der Waals surface area contributed by atoms with Crippen LogP contribution in [0.2, 0.25) is 0 Å². The zero-order valence-electron chi connectivity index (χ0n) is 16.9. The van der Waals surface area contributed by atoms with Crippen molar-refractivity contribution in [3.8, 4) is 0 Å². The molecular weight excluding hydrogens is 328 g/mol. The summed E-state index contributed by atoms with van der Waals surface area (Å²) in [6, 6.07) is 0. The molecule has 26 heavy (non-hydrogen) atoms. The molecule has 146 valence electrons. The average Bonchev–Trinajstić information content (AvgIpc) is 2.68. The first-order valence-electron chi connectivity index (χ1n) is 10.4. The van der Waals surface area contributed by atoms with Gasteiger partial charge in [-0.05, 0) is 55.3 Å². The molecule has 0 aromatic rings. The SMILES string of the molecule is CC(=O)O[C@H]1CCC(C)(C)C2CC[C@]34C[C@@H](C)[C@H](C(=O)C[C@H]3[C@@]21C)[C@H]4O. The number of ether oxygens (including phenoxy) is 1. The molecule has 4 saturated carbocycles. The van der Waals surface area contributed by atoms with Crippen LogP contribution in [-0.4, -0.2) is 29.1 Å². The van der Waals surface area contributed by atoms with E-state index >= 15 is 0 Å². The summed E-state index contributed by atoms with van der Waals surface area (Å²) in [5.41, 5.74) is -0.242. The maximum absolute atomic E-state index is 13.0. The lowest BCUT2D eigenvalue weighted by molar-refractivity contribution is -0.228. The van der Waals surface area contributed by atoms with Crippen molar-refractivity contribution in [1.82, 2.24) is 0 Å². The number of aliphatic hydroxyl groups is 1. The molecule has 4 aliphatic carbocycles. The molecule has 0 radical (unpaired) electrons. The molecule has 8 atom stereocenters. The van der Waals surface area contributed by atoms with Crippen LogP contribution in [0.25, 0.3) is 0 Å². The molecule has 0 aromatic heterocycles. The van der Waals surface area contributed by atoms with Crippen LogP contribution in [0, 0.1) is 39.9 Å². The van der Waals surface area contributed by atoms with E-state index in [2.05, 4.69) is 27.7 Å². The average molecular weight is 363 g/mol. The molecule has 4 fully saturated rings. The number of rotatable bonds is 1. The Labute approximate surface area is 157 Å². The van der Waals surface area contributed by atoms with E-state index in [1.54, 1.807) is 0 Å². The highest BCUT2D eigenvalue weighted by Crippen LogP contribution is 2.71. The van der Waals surface area contributed by atoms with E-state index in [-0.39, 0.29) is 51.9 Å². The van der Waals surface area contributed by atoms with Crippen molar-refractivity contribution in [2.24, 2.45) is 39.9 Å². The molecular formula is C22H34O4. The van der Waals surface area contributed by atoms with Gasteiger partial charge in [0, 0.05) is 30.1 Å². The van der Waals surface area contributed by atoms with Gasteiger partial charge >= 0.3 is 5.97 Å². The van der Waals surface area contributed by atoms with Crippen LogP contribution in [0.1, 0.15) is 73.1 Å². The largest absolute Gasteiger partial charge is 0.462 e. The van der Waals surface area contributed by atoms with Crippen LogP contribution in [0.5, 0.6) is 0 Å². The summed E-state index contributed by atoms with van der Waals surface area (Å²) in [6.07, 6.45) is 4.77. The van der Waals surface area contributed by atoms with Gasteiger partial charge in [-0.25, -0.2) is 0 Å². The molecule has 4 rings (SSSR count). The fraction of sp³-hybridized carbons (Fsp3) is 0.909. The van der Waals surface area contributed by atoms with E-state index < -0.39 is 6.10 Å². The van der Waals surface area contributed by atoms with Gasteiger partial charge in [-0.3, -0.25) is 9.59 Å². The zero-order valence-corrected chi connectivity index (χ0v) is 16.9. The van der Waals surface area contributed by atoms with Crippen LogP contribution in [0.15, 0.2) is 0 Å². The third-order valence-corrected chi connectivity index (χ3v) is 9.11. The lowest BCUT2D eigenvalue weighted by atomic mass is 9.40. The van der Waals surface area contributed by atoms with Gasteiger partial charge in [0.15, 0.2) is 0 Å². The Hall–Kier alpha value is -0.900. The van der Waals surface area contributed by atoms with Gasteiger partial charge in [0.05, 0.1) is 6.10 Å². The summed E-state index contributed by atoms with van der Waals surface area (Å²) < 4.78 is 5.87. The fourth-order valence-electron chi connectivity index (χ4n) is 8.18. The van der Waals surface area contributed by atoms with Gasteiger partial charge in [0.1, 0.15) is 11.9 Å². The van der Waals surface area contributed by atoms with Crippen LogP contribution in [0.3, 0.4) is 0 Å². The van der Waals surface area contributed by atoms with Crippen molar-refractivity contribution in [3.05, 3.63) is 0 Å². The van der Waals surface area contributed by atoms with Crippen molar-refractivity contribution >= 4 is 11.8 Å². The van der Waals surface area contributed by atoms with Gasteiger partial charge in [0.25, 0.3) is 0 Å². The second-order valence-electron chi connectivity index (χ2n) is 10.7. The summed E-state index contributed by atoms with van der Waals surface area (Å²) >= 11 is 0. The molecule has 0 aromatic carbocycles. The first-order valence-corrected chi connectivity index (χ1v) is 10.4. The number of Topliss-reactive ketones (excluding diaryl/α,β-unsaturated/α-hetero) is 1. The summed E-state index contributed by atoms with van der Waals surface area (Å²) in [6.45, 7) is 10.6. The molecule has 0 saturated heterocycles. The Bertz CT molecular complexity index is 640. The summed E-state index contributed by atoms with van der Waals surface area (Å²) in [7, 11) is 0. The van der Waals surface area contributed by atoms with E-state index in [1.165, 1.54) is 6.92 Å². The van der Waals surface area contributed by atoms with E-state index in [1.807, 2.05) is 0 Å². The molecule has 1 unspecified atom stereocenters. The number of carbonyl (C=O) groups excluding carboxylic acids is 2. The van der Waals surface area contributed by atoms with Crippen LogP contribution >= 0.6 is 0 Å². The number of esters is 1. The third-order valence-electron chi connectivity index (χ3n) is 9.11. The third kappa shape index (κ3) is 2.17. The summed E-state index contributed by atoms with van der Waals surface area (Å²) in [4.78, 5) is 24.8. The maximum atomic E-state index is 13.0. The highest BCUT2D eigenvalue weighted by Gasteiger charge is 2.71. The Kier molecular flexibility index (Phi) is 3.95. The van der Waals surface area contributed by atoms with E-state index in [0.29, 0.717) is 12.3 Å². The minimum atomic E-state index is -0.524. The molecule has 0 amide bonds. The minimum Gasteiger partial charge on any atom is -0.462 e. The van der Waals surface area contributed by atoms with Crippen LogP contribution in [0.4, 0.5) is 0 Å². The summed E-state index contributed by atoms with van der Waals surface area (Å²) in [5.74, 6) is 0.601. The monoisotopic (exact) mass is 362 g/mol. The lowest BCUT2D eigenvalue weighted by Gasteiger charge is -2.66. The van der Waals surface area contributed by atoms with E-state index in [4.69, 9.17) is 4.74 Å². The highest BCUT2D eigenvalue weighted by atomic mass is 16.5. The standard InChI is InChI=1S/C22H34O4/c1-12-11-22-9-6-15-20(3,4)8-7-17(26-13(2)23)21(15,5)16(22)10-14(24)18(12)19(22)25/h12,15-19,25H,6-11H2,1-5H3/t12-,15?,16+,17+,18-,19-,21-,22+/m1/s1. The van der Waals surface area contributed by atoms with Crippen molar-refractivity contribution in [2.75, 3.05) is 0 Å². The fourth-order valence-corrected chi connectivity index (χ4v) is 8.18. The molecule has 4 heteroatoms. The normalized spacial score (nSPS) is 52.2. The molecule has 1 spiro atoms. The zero-order chi connectivity index (χ0) is 19.1. The van der Waals surface area contributed by atoms with Crippen molar-refractivity contribution < 1.29 is 19.4 Å². The first kappa shape index (κ1) is 18.5. The number of hydrogen-bond donors (Lipinski definition) is 1. The van der Waals surface area contributed by atoms with Gasteiger partial charge in [0.2, 0.25) is 0 Å². The maximum Gasteiger partial charge on any atom is 0.302 e. The van der Waals surface area contributed by atoms with Gasteiger partial charge in [-0.1, -0.05) is 27.7 Å². The molecule has 0 heterocycles. The van der Waals surface area contributed by atoms with E-state index in [0.717, 1.165) is 32.1 Å². The van der Waals surface area contributed by atoms with Gasteiger partial charge in [-0.15, -0.1) is 0 Å². The predicted molar refractivity (Wildman–Crippen MR) is 98.2 cm³/mol. The van der Waals surface area contributed by atoms with Gasteiger partial charge < -0.3 is 9.84 Å². The number of fused-ring (bicyclic) bond motifs is 3. The van der Waals surface area contributed by atoms with Crippen molar-refractivity contribution in [2.45, 2.75) is 85.4 Å². The Morgan fingerprint density at radius 1 is 1.15 bits per heavy atom. The number of hydrogen-bond acceptors (Lipinski definition) is 4. The van der Waals surface area contributed by atoms with Gasteiger partial charge in [-0.2, -0.15) is 0 Å². The van der Waals surface area contributed by atoms with E-state index in [9.17, 15) is 14.7 Å². The highest BCUT2D eigenvalue weighted by molar-refractivity contribution is 5.84. The van der Waals surface area contributed by atoms with Crippen LogP contribution in [-0.2, 0) is 14.3 Å². The first-order chi connectivity index (χ1) is 12.0. The smallest absolute Gasteiger partial charge is 0.302 e. The molecule has 4 aliphatic rings. The number of ketones is 1. The predicted octanol–water partition coefficient (Wildman–Crippen LogP) is 3.75. The quantitative estimate of drug-likeness (QED) is 0.722. The molecule has 2 bridgehead atoms. The minimum absolute atomic E-state index is 0.112. The second kappa shape index (κ2) is 5.56. The molecule has 1 N–H and O–H groups in total. The van der Waals surface area contributed by atoms with Crippen LogP contribution < -0.4 is 0 Å². The van der Waals surface area contributed by atoms with Crippen molar-refractivity contribution in [1.29, 1.82) is 0 Å². The van der Waals surface area contributed by atoms with Crippen molar-refractivity contribution in [3.63, 3.8) is 0 Å². The molecule has 0 aliphatic heterocycles. The number of aliphatic hydroxyl groups excluding tert-OH is 1. The Balaban J connectivity index is 1.83. The topological polar surface area (TPSA) is 63.6 Å². The summed E-state index contributed by atoms with van der Waals surface area (Å²) in [5, 5.41) is 11.2. The second-order valence-corrected chi connectivity index (χ2v) is 10.7.